The Labute approximate surface area is 149 Å². The summed E-state index contributed by atoms with van der Waals surface area (Å²) in [6.07, 6.45) is -1.51. The van der Waals surface area contributed by atoms with E-state index in [2.05, 4.69) is 4.74 Å². The number of hydrogen-bond donors (Lipinski definition) is 1. The summed E-state index contributed by atoms with van der Waals surface area (Å²) in [6, 6.07) is 6.32. The Hall–Kier alpha value is -3.17. The van der Waals surface area contributed by atoms with E-state index >= 15 is 0 Å². The fraction of sp³-hybridized carbons (Fsp3) is 0.176. The van der Waals surface area contributed by atoms with Crippen LogP contribution in [0.5, 0.6) is 5.75 Å². The molecule has 0 aliphatic heterocycles. The molecule has 1 amide bonds. The lowest BCUT2D eigenvalue weighted by atomic mass is 10.2. The number of carbonyl (C=O) groups is 2. The van der Waals surface area contributed by atoms with Crippen molar-refractivity contribution in [3.63, 3.8) is 0 Å². The van der Waals surface area contributed by atoms with Crippen LogP contribution in [0.4, 0.5) is 27.6 Å². The van der Waals surface area contributed by atoms with E-state index in [0.29, 0.717) is 6.07 Å². The number of rotatable bonds is 6. The second-order valence-corrected chi connectivity index (χ2v) is 5.13. The van der Waals surface area contributed by atoms with Crippen molar-refractivity contribution < 1.29 is 41.0 Å². The quantitative estimate of drug-likeness (QED) is 0.463. The fourth-order valence-electron chi connectivity index (χ4n) is 1.97. The first-order chi connectivity index (χ1) is 12.7. The summed E-state index contributed by atoms with van der Waals surface area (Å²) >= 11 is 0. The summed E-state index contributed by atoms with van der Waals surface area (Å²) in [7, 11) is 0. The first-order valence-electron chi connectivity index (χ1n) is 7.40. The molecule has 27 heavy (non-hydrogen) atoms. The smallest absolute Gasteiger partial charge is 0.387 e. The van der Waals surface area contributed by atoms with Gasteiger partial charge in [-0.2, -0.15) is 8.78 Å². The number of esters is 1. The minimum atomic E-state index is -3.18. The maximum absolute atomic E-state index is 13.6. The number of ether oxygens (including phenoxy) is 2. The standard InChI is InChI=1S/C17H12F5NO4/c1-8(15(24)23-11-7-6-10(18)13(19)14(11)20)26-16(25)9-4-2-3-5-12(9)27-17(21)22/h2-8,17H,1H3,(H,23,24)/t8-/m0/s1. The second-order valence-electron chi connectivity index (χ2n) is 5.13. The van der Waals surface area contributed by atoms with E-state index < -0.39 is 53.5 Å². The van der Waals surface area contributed by atoms with Crippen LogP contribution in [-0.2, 0) is 9.53 Å². The molecule has 5 nitrogen and oxygen atoms in total. The zero-order valence-electron chi connectivity index (χ0n) is 13.6. The van der Waals surface area contributed by atoms with Gasteiger partial charge in [0, 0.05) is 0 Å². The highest BCUT2D eigenvalue weighted by atomic mass is 19.3. The number of benzene rings is 2. The molecule has 0 fully saturated rings. The van der Waals surface area contributed by atoms with E-state index in [1.165, 1.54) is 12.1 Å². The number of anilines is 1. The lowest BCUT2D eigenvalue weighted by Gasteiger charge is -2.15. The Morgan fingerprint density at radius 1 is 1.00 bits per heavy atom. The van der Waals surface area contributed by atoms with E-state index in [0.717, 1.165) is 25.1 Å². The topological polar surface area (TPSA) is 64.6 Å². The van der Waals surface area contributed by atoms with Gasteiger partial charge in [-0.05, 0) is 31.2 Å². The molecular weight excluding hydrogens is 377 g/mol. The third-order valence-electron chi connectivity index (χ3n) is 3.27. The molecule has 10 heteroatoms. The highest BCUT2D eigenvalue weighted by molar-refractivity contribution is 5.98. The summed E-state index contributed by atoms with van der Waals surface area (Å²) in [4.78, 5) is 24.0. The van der Waals surface area contributed by atoms with Gasteiger partial charge < -0.3 is 14.8 Å². The monoisotopic (exact) mass is 389 g/mol. The van der Waals surface area contributed by atoms with Gasteiger partial charge in [0.25, 0.3) is 5.91 Å². The molecule has 0 aliphatic rings. The normalized spacial score (nSPS) is 11.8. The van der Waals surface area contributed by atoms with Crippen LogP contribution in [0.3, 0.4) is 0 Å². The van der Waals surface area contributed by atoms with Gasteiger partial charge in [-0.3, -0.25) is 4.79 Å². The Morgan fingerprint density at radius 3 is 2.33 bits per heavy atom. The Kier molecular flexibility index (Phi) is 6.32. The molecule has 0 saturated heterocycles. The van der Waals surface area contributed by atoms with E-state index in [1.54, 1.807) is 0 Å². The molecule has 0 heterocycles. The first-order valence-corrected chi connectivity index (χ1v) is 7.40. The van der Waals surface area contributed by atoms with Crippen LogP contribution < -0.4 is 10.1 Å². The fourth-order valence-corrected chi connectivity index (χ4v) is 1.97. The maximum Gasteiger partial charge on any atom is 0.387 e. The van der Waals surface area contributed by atoms with Crippen molar-refractivity contribution in [2.45, 2.75) is 19.6 Å². The van der Waals surface area contributed by atoms with Gasteiger partial charge in [-0.25, -0.2) is 18.0 Å². The summed E-state index contributed by atoms with van der Waals surface area (Å²) < 4.78 is 73.3. The molecule has 2 aromatic carbocycles. The van der Waals surface area contributed by atoms with Crippen molar-refractivity contribution >= 4 is 17.6 Å². The Bertz CT molecular complexity index is 859. The third-order valence-corrected chi connectivity index (χ3v) is 3.27. The van der Waals surface area contributed by atoms with Crippen molar-refractivity contribution in [1.82, 2.24) is 0 Å². The molecule has 0 bridgehead atoms. The molecule has 2 aromatic rings. The van der Waals surface area contributed by atoms with Crippen molar-refractivity contribution in [2.75, 3.05) is 5.32 Å². The number of nitrogens with one attached hydrogen (secondary N) is 1. The highest BCUT2D eigenvalue weighted by Crippen LogP contribution is 2.23. The van der Waals surface area contributed by atoms with Crippen LogP contribution in [0, 0.1) is 17.5 Å². The molecule has 0 saturated carbocycles. The molecule has 2 rings (SSSR count). The molecule has 0 aromatic heterocycles. The summed E-state index contributed by atoms with van der Waals surface area (Å²) in [5, 5.41) is 1.93. The molecule has 0 spiro atoms. The SMILES string of the molecule is C[C@H](OC(=O)c1ccccc1OC(F)F)C(=O)Nc1ccc(F)c(F)c1F. The van der Waals surface area contributed by atoms with Gasteiger partial charge in [-0.15, -0.1) is 0 Å². The number of para-hydroxylation sites is 1. The van der Waals surface area contributed by atoms with Crippen LogP contribution in [0.2, 0.25) is 0 Å². The zero-order valence-corrected chi connectivity index (χ0v) is 13.6. The third kappa shape index (κ3) is 4.93. The molecular formula is C17H12F5NO4. The molecule has 1 atom stereocenters. The van der Waals surface area contributed by atoms with Gasteiger partial charge in [-0.1, -0.05) is 12.1 Å². The zero-order chi connectivity index (χ0) is 20.1. The minimum absolute atomic E-state index is 0.364. The van der Waals surface area contributed by atoms with Crippen LogP contribution in [-0.4, -0.2) is 24.6 Å². The Balaban J connectivity index is 2.09. The summed E-state index contributed by atoms with van der Waals surface area (Å²) in [5.74, 6) is -7.52. The highest BCUT2D eigenvalue weighted by Gasteiger charge is 2.24. The van der Waals surface area contributed by atoms with Crippen LogP contribution in [0.1, 0.15) is 17.3 Å². The van der Waals surface area contributed by atoms with Crippen molar-refractivity contribution in [1.29, 1.82) is 0 Å². The lowest BCUT2D eigenvalue weighted by Crippen LogP contribution is -2.30. The lowest BCUT2D eigenvalue weighted by molar-refractivity contribution is -0.123. The minimum Gasteiger partial charge on any atom is -0.449 e. The predicted octanol–water partition coefficient (Wildman–Crippen LogP) is 3.89. The average molecular weight is 389 g/mol. The van der Waals surface area contributed by atoms with Gasteiger partial charge in [0.05, 0.1) is 5.69 Å². The molecule has 0 unspecified atom stereocenters. The van der Waals surface area contributed by atoms with Gasteiger partial charge >= 0.3 is 12.6 Å². The predicted molar refractivity (Wildman–Crippen MR) is 82.9 cm³/mol. The van der Waals surface area contributed by atoms with Gasteiger partial charge in [0.1, 0.15) is 11.3 Å². The van der Waals surface area contributed by atoms with E-state index in [-0.39, 0.29) is 5.56 Å². The first kappa shape index (κ1) is 20.1. The molecule has 0 radical (unpaired) electrons. The van der Waals surface area contributed by atoms with Crippen molar-refractivity contribution in [3.05, 3.63) is 59.4 Å². The van der Waals surface area contributed by atoms with Crippen molar-refractivity contribution in [3.8, 4) is 5.75 Å². The maximum atomic E-state index is 13.6. The molecule has 1 N–H and O–H groups in total. The summed E-state index contributed by atoms with van der Waals surface area (Å²) in [6.45, 7) is -2.07. The van der Waals surface area contributed by atoms with Crippen LogP contribution in [0.15, 0.2) is 36.4 Å². The second kappa shape index (κ2) is 8.47. The largest absolute Gasteiger partial charge is 0.449 e. The van der Waals surface area contributed by atoms with E-state index in [4.69, 9.17) is 4.74 Å². The molecule has 144 valence electrons. The average Bonchev–Trinajstić information content (AvgIpc) is 2.62. The number of carbonyl (C=O) groups excluding carboxylic acids is 2. The summed E-state index contributed by atoms with van der Waals surface area (Å²) in [5.41, 5.74) is -1.03. The number of hydrogen-bond acceptors (Lipinski definition) is 4. The van der Waals surface area contributed by atoms with Crippen LogP contribution >= 0.6 is 0 Å². The number of alkyl halides is 2. The van der Waals surface area contributed by atoms with Gasteiger partial charge in [0.2, 0.25) is 0 Å². The van der Waals surface area contributed by atoms with Crippen molar-refractivity contribution in [2.24, 2.45) is 0 Å². The number of halogens is 5. The number of amides is 1. The van der Waals surface area contributed by atoms with Gasteiger partial charge in [0.15, 0.2) is 23.6 Å². The molecule has 0 aliphatic carbocycles. The van der Waals surface area contributed by atoms with E-state index in [1.807, 2.05) is 5.32 Å². The Morgan fingerprint density at radius 2 is 1.67 bits per heavy atom. The van der Waals surface area contributed by atoms with Crippen LogP contribution in [0.25, 0.3) is 0 Å². The van der Waals surface area contributed by atoms with E-state index in [9.17, 15) is 31.5 Å².